The van der Waals surface area contributed by atoms with E-state index in [4.69, 9.17) is 16.3 Å². The topological polar surface area (TPSA) is 59.4 Å². The molecule has 3 aliphatic rings. The van der Waals surface area contributed by atoms with Gasteiger partial charge in [-0.3, -0.25) is 4.79 Å². The van der Waals surface area contributed by atoms with Gasteiger partial charge in [-0.15, -0.1) is 0 Å². The van der Waals surface area contributed by atoms with Gasteiger partial charge in [-0.1, -0.05) is 29.8 Å². The normalized spacial score (nSPS) is 27.8. The van der Waals surface area contributed by atoms with Crippen LogP contribution in [-0.4, -0.2) is 41.6 Å². The van der Waals surface area contributed by atoms with E-state index < -0.39 is 0 Å². The average Bonchev–Trinajstić information content (AvgIpc) is 2.86. The van der Waals surface area contributed by atoms with Gasteiger partial charge in [-0.2, -0.15) is 5.10 Å². The van der Waals surface area contributed by atoms with Gasteiger partial charge in [0.05, 0.1) is 24.5 Å². The zero-order chi connectivity index (χ0) is 22.8. The summed E-state index contributed by atoms with van der Waals surface area (Å²) in [4.78, 5) is 15.7. The second-order valence-electron chi connectivity index (χ2n) is 9.97. The molecule has 0 unspecified atom stereocenters. The Labute approximate surface area is 201 Å². The van der Waals surface area contributed by atoms with Crippen LogP contribution in [0.3, 0.4) is 0 Å². The monoisotopic (exact) mass is 470 g/mol. The third kappa shape index (κ3) is 4.78. The van der Waals surface area contributed by atoms with Crippen LogP contribution < -0.4 is 15.8 Å². The SMILES string of the molecule is C[C@@H]1CCc2ccccc2N1C1CCC(n2ncc(NC[C@H]3CCCOC3)c(Cl)c2=O)CC1. The van der Waals surface area contributed by atoms with Crippen molar-refractivity contribution in [3.05, 3.63) is 51.4 Å². The number of anilines is 2. The van der Waals surface area contributed by atoms with Crippen molar-refractivity contribution < 1.29 is 4.74 Å². The smallest absolute Gasteiger partial charge is 0.287 e. The average molecular weight is 471 g/mol. The van der Waals surface area contributed by atoms with E-state index in [1.54, 1.807) is 10.9 Å². The molecule has 2 fully saturated rings. The van der Waals surface area contributed by atoms with E-state index in [9.17, 15) is 4.79 Å². The number of para-hydroxylation sites is 1. The van der Waals surface area contributed by atoms with Gasteiger partial charge in [-0.25, -0.2) is 4.68 Å². The molecule has 1 aliphatic carbocycles. The van der Waals surface area contributed by atoms with Gasteiger partial charge in [0.1, 0.15) is 5.02 Å². The number of aromatic nitrogens is 2. The number of aryl methyl sites for hydroxylation is 1. The highest BCUT2D eigenvalue weighted by Gasteiger charge is 2.33. The molecule has 1 saturated heterocycles. The molecule has 1 aromatic carbocycles. The molecule has 2 aromatic rings. The first kappa shape index (κ1) is 22.7. The van der Waals surface area contributed by atoms with Gasteiger partial charge < -0.3 is 15.0 Å². The van der Waals surface area contributed by atoms with E-state index >= 15 is 0 Å². The standard InChI is InChI=1S/C26H35ClN4O2/c1-18-8-9-20-6-2-3-7-24(20)30(18)21-10-12-22(13-11-21)31-26(32)25(27)23(16-29-31)28-15-19-5-4-14-33-17-19/h2-3,6-7,16,18-19,21-22,28H,4-5,8-15,17H2,1H3/t18-,19-,21?,22?/m1/s1. The summed E-state index contributed by atoms with van der Waals surface area (Å²) in [5.74, 6) is 0.454. The first-order chi connectivity index (χ1) is 16.1. The van der Waals surface area contributed by atoms with Crippen LogP contribution in [0.2, 0.25) is 5.02 Å². The fraction of sp³-hybridized carbons (Fsp3) is 0.615. The quantitative estimate of drug-likeness (QED) is 0.661. The Balaban J connectivity index is 1.24. The molecule has 1 N–H and O–H groups in total. The summed E-state index contributed by atoms with van der Waals surface area (Å²) in [5, 5.41) is 8.10. The Morgan fingerprint density at radius 3 is 2.70 bits per heavy atom. The summed E-state index contributed by atoms with van der Waals surface area (Å²) in [6.07, 6.45) is 10.3. The molecule has 6 nitrogen and oxygen atoms in total. The predicted molar refractivity (Wildman–Crippen MR) is 134 cm³/mol. The number of nitrogens with one attached hydrogen (secondary N) is 1. The molecule has 178 valence electrons. The molecule has 0 bridgehead atoms. The van der Waals surface area contributed by atoms with Crippen LogP contribution in [0.1, 0.15) is 63.5 Å². The van der Waals surface area contributed by atoms with Crippen molar-refractivity contribution in [1.29, 1.82) is 0 Å². The lowest BCUT2D eigenvalue weighted by Gasteiger charge is -2.45. The predicted octanol–water partition coefficient (Wildman–Crippen LogP) is 5.06. The molecule has 5 rings (SSSR count). The Hall–Kier alpha value is -2.05. The molecule has 0 spiro atoms. The van der Waals surface area contributed by atoms with Gasteiger partial charge in [0.15, 0.2) is 0 Å². The fourth-order valence-electron chi connectivity index (χ4n) is 5.90. The summed E-state index contributed by atoms with van der Waals surface area (Å²) in [7, 11) is 0. The van der Waals surface area contributed by atoms with Crippen molar-refractivity contribution in [1.82, 2.24) is 9.78 Å². The van der Waals surface area contributed by atoms with Gasteiger partial charge in [0.2, 0.25) is 0 Å². The lowest BCUT2D eigenvalue weighted by atomic mass is 9.86. The van der Waals surface area contributed by atoms with Crippen molar-refractivity contribution in [3.8, 4) is 0 Å². The van der Waals surface area contributed by atoms with Crippen LogP contribution in [0.25, 0.3) is 0 Å². The zero-order valence-corrected chi connectivity index (χ0v) is 20.3. The Morgan fingerprint density at radius 1 is 1.12 bits per heavy atom. The molecular weight excluding hydrogens is 436 g/mol. The fourth-order valence-corrected chi connectivity index (χ4v) is 6.11. The highest BCUT2D eigenvalue weighted by Crippen LogP contribution is 2.38. The molecular formula is C26H35ClN4O2. The molecule has 3 heterocycles. The summed E-state index contributed by atoms with van der Waals surface area (Å²) in [6, 6.07) is 10.0. The number of ether oxygens (including phenoxy) is 1. The van der Waals surface area contributed by atoms with E-state index in [1.165, 1.54) is 17.7 Å². The number of fused-ring (bicyclic) bond motifs is 1. The molecule has 1 aromatic heterocycles. The highest BCUT2D eigenvalue weighted by atomic mass is 35.5. The summed E-state index contributed by atoms with van der Waals surface area (Å²) in [5.41, 5.74) is 3.32. The van der Waals surface area contributed by atoms with Crippen molar-refractivity contribution >= 4 is 23.0 Å². The van der Waals surface area contributed by atoms with Gasteiger partial charge in [0, 0.05) is 30.9 Å². The maximum atomic E-state index is 13.0. The molecule has 2 aliphatic heterocycles. The highest BCUT2D eigenvalue weighted by molar-refractivity contribution is 6.32. The Morgan fingerprint density at radius 2 is 1.91 bits per heavy atom. The van der Waals surface area contributed by atoms with Crippen LogP contribution in [0, 0.1) is 5.92 Å². The van der Waals surface area contributed by atoms with Gasteiger partial charge >= 0.3 is 0 Å². The minimum absolute atomic E-state index is 0.113. The van der Waals surface area contributed by atoms with Crippen molar-refractivity contribution in [2.45, 2.75) is 76.4 Å². The van der Waals surface area contributed by atoms with Gasteiger partial charge in [-0.05, 0) is 75.8 Å². The Kier molecular flexibility index (Phi) is 6.93. The number of rotatable bonds is 5. The summed E-state index contributed by atoms with van der Waals surface area (Å²) >= 11 is 6.49. The van der Waals surface area contributed by atoms with Crippen molar-refractivity contribution in [2.75, 3.05) is 30.0 Å². The number of nitrogens with zero attached hydrogens (tertiary/aromatic N) is 3. The molecule has 0 radical (unpaired) electrons. The van der Waals surface area contributed by atoms with Crippen molar-refractivity contribution in [2.24, 2.45) is 5.92 Å². The van der Waals surface area contributed by atoms with Crippen LogP contribution in [0.15, 0.2) is 35.3 Å². The Bertz CT molecular complexity index is 1010. The second kappa shape index (κ2) is 10.1. The maximum Gasteiger partial charge on any atom is 0.287 e. The zero-order valence-electron chi connectivity index (χ0n) is 19.5. The van der Waals surface area contributed by atoms with Crippen molar-refractivity contribution in [3.63, 3.8) is 0 Å². The first-order valence-corrected chi connectivity index (χ1v) is 12.9. The first-order valence-electron chi connectivity index (χ1n) is 12.6. The van der Waals surface area contributed by atoms with E-state index in [0.29, 0.717) is 23.7 Å². The maximum absolute atomic E-state index is 13.0. The van der Waals surface area contributed by atoms with E-state index in [0.717, 1.165) is 64.7 Å². The van der Waals surface area contributed by atoms with Crippen LogP contribution in [0.4, 0.5) is 11.4 Å². The third-order valence-electron chi connectivity index (χ3n) is 7.76. The van der Waals surface area contributed by atoms with Gasteiger partial charge in [0.25, 0.3) is 5.56 Å². The number of hydrogen-bond acceptors (Lipinski definition) is 5. The van der Waals surface area contributed by atoms with Crippen LogP contribution >= 0.6 is 11.6 Å². The minimum Gasteiger partial charge on any atom is -0.382 e. The molecule has 7 heteroatoms. The van der Waals surface area contributed by atoms with Crippen LogP contribution in [0.5, 0.6) is 0 Å². The number of benzene rings is 1. The van der Waals surface area contributed by atoms with E-state index in [1.807, 2.05) is 0 Å². The van der Waals surface area contributed by atoms with Crippen LogP contribution in [-0.2, 0) is 11.2 Å². The molecule has 1 saturated carbocycles. The third-order valence-corrected chi connectivity index (χ3v) is 8.13. The summed E-state index contributed by atoms with van der Waals surface area (Å²) in [6.45, 7) is 4.71. The lowest BCUT2D eigenvalue weighted by Crippen LogP contribution is -2.47. The molecule has 0 amide bonds. The molecule has 2 atom stereocenters. The van der Waals surface area contributed by atoms with E-state index in [-0.39, 0.29) is 16.6 Å². The second-order valence-corrected chi connectivity index (χ2v) is 10.4. The van der Waals surface area contributed by atoms with E-state index in [2.05, 4.69) is 46.5 Å². The largest absolute Gasteiger partial charge is 0.382 e. The summed E-state index contributed by atoms with van der Waals surface area (Å²) < 4.78 is 7.17. The minimum atomic E-state index is -0.179. The molecule has 33 heavy (non-hydrogen) atoms. The lowest BCUT2D eigenvalue weighted by molar-refractivity contribution is 0.0595. The number of hydrogen-bond donors (Lipinski definition) is 1. The number of halogens is 1.